The Kier molecular flexibility index (Phi) is 3.01. The Balaban J connectivity index is 1.77. The summed E-state index contributed by atoms with van der Waals surface area (Å²) >= 11 is 0. The summed E-state index contributed by atoms with van der Waals surface area (Å²) in [5, 5.41) is 3.25. The predicted molar refractivity (Wildman–Crippen MR) is 60.6 cm³/mol. The quantitative estimate of drug-likeness (QED) is 0.744. The molecule has 2 aliphatic rings. The summed E-state index contributed by atoms with van der Waals surface area (Å²) in [6.07, 6.45) is 5.21. The van der Waals surface area contributed by atoms with Gasteiger partial charge in [-0.25, -0.2) is 0 Å². The summed E-state index contributed by atoms with van der Waals surface area (Å²) in [6.45, 7) is 4.82. The monoisotopic (exact) mass is 210 g/mol. The third-order valence-electron chi connectivity index (χ3n) is 4.21. The zero-order valence-electron chi connectivity index (χ0n) is 9.88. The number of carbonyl (C=O) groups excluding carboxylic acids is 1. The lowest BCUT2D eigenvalue weighted by atomic mass is 9.57. The summed E-state index contributed by atoms with van der Waals surface area (Å²) in [5.41, 5.74) is 0.605. The van der Waals surface area contributed by atoms with E-state index in [9.17, 15) is 4.79 Å². The van der Waals surface area contributed by atoms with Crippen molar-refractivity contribution in [2.24, 2.45) is 11.3 Å². The van der Waals surface area contributed by atoms with Crippen molar-refractivity contribution in [2.75, 3.05) is 26.7 Å². The van der Waals surface area contributed by atoms with E-state index in [-0.39, 0.29) is 5.91 Å². The summed E-state index contributed by atoms with van der Waals surface area (Å²) in [6, 6.07) is 0. The molecule has 1 saturated carbocycles. The molecule has 3 heteroatoms. The molecular formula is C12H22N2O. The first-order chi connectivity index (χ1) is 7.15. The molecule has 2 rings (SSSR count). The van der Waals surface area contributed by atoms with E-state index in [1.54, 1.807) is 6.92 Å². The zero-order chi connectivity index (χ0) is 10.9. The Morgan fingerprint density at radius 1 is 1.40 bits per heavy atom. The molecular weight excluding hydrogens is 188 g/mol. The van der Waals surface area contributed by atoms with Gasteiger partial charge < -0.3 is 10.2 Å². The SMILES string of the molecule is CNCC1CC2(CCN(C(C)=O)CC2)C1. The number of hydrogen-bond donors (Lipinski definition) is 1. The van der Waals surface area contributed by atoms with E-state index in [0.29, 0.717) is 5.41 Å². The Labute approximate surface area is 92.2 Å². The van der Waals surface area contributed by atoms with Crippen LogP contribution in [0, 0.1) is 11.3 Å². The molecule has 0 aromatic rings. The molecule has 1 heterocycles. The molecule has 0 aromatic carbocycles. The molecule has 0 unspecified atom stereocenters. The number of rotatable bonds is 2. The van der Waals surface area contributed by atoms with Gasteiger partial charge in [0.05, 0.1) is 0 Å². The molecule has 2 fully saturated rings. The molecule has 86 valence electrons. The van der Waals surface area contributed by atoms with E-state index < -0.39 is 0 Å². The van der Waals surface area contributed by atoms with Crippen molar-refractivity contribution in [3.8, 4) is 0 Å². The van der Waals surface area contributed by atoms with Gasteiger partial charge in [0.1, 0.15) is 0 Å². The standard InChI is InChI=1S/C12H22N2O/c1-10(15)14-5-3-12(4-6-14)7-11(8-12)9-13-2/h11,13H,3-9H2,1-2H3. The van der Waals surface area contributed by atoms with Gasteiger partial charge >= 0.3 is 0 Å². The molecule has 0 atom stereocenters. The normalized spacial score (nSPS) is 25.3. The average molecular weight is 210 g/mol. The van der Waals surface area contributed by atoms with Crippen LogP contribution in [0.25, 0.3) is 0 Å². The highest BCUT2D eigenvalue weighted by Gasteiger charge is 2.45. The number of carbonyl (C=O) groups is 1. The van der Waals surface area contributed by atoms with Gasteiger partial charge in [-0.3, -0.25) is 4.79 Å². The zero-order valence-corrected chi connectivity index (χ0v) is 9.88. The average Bonchev–Trinajstić information content (AvgIpc) is 2.16. The summed E-state index contributed by atoms with van der Waals surface area (Å²) in [5.74, 6) is 1.13. The van der Waals surface area contributed by atoms with Crippen LogP contribution in [-0.4, -0.2) is 37.5 Å². The fourth-order valence-electron chi connectivity index (χ4n) is 3.30. The molecule has 0 radical (unpaired) electrons. The number of amides is 1. The van der Waals surface area contributed by atoms with E-state index >= 15 is 0 Å². The largest absolute Gasteiger partial charge is 0.343 e. The smallest absolute Gasteiger partial charge is 0.219 e. The first kappa shape index (κ1) is 10.9. The minimum absolute atomic E-state index is 0.246. The van der Waals surface area contributed by atoms with Gasteiger partial charge in [0, 0.05) is 20.0 Å². The minimum Gasteiger partial charge on any atom is -0.343 e. The lowest BCUT2D eigenvalue weighted by Crippen LogP contribution is -2.49. The highest BCUT2D eigenvalue weighted by atomic mass is 16.2. The topological polar surface area (TPSA) is 32.3 Å². The molecule has 1 aliphatic heterocycles. The highest BCUT2D eigenvalue weighted by molar-refractivity contribution is 5.73. The van der Waals surface area contributed by atoms with Crippen LogP contribution < -0.4 is 5.32 Å². The van der Waals surface area contributed by atoms with Crippen molar-refractivity contribution in [3.05, 3.63) is 0 Å². The van der Waals surface area contributed by atoms with Crippen LogP contribution in [0.1, 0.15) is 32.6 Å². The summed E-state index contributed by atoms with van der Waals surface area (Å²) in [4.78, 5) is 13.2. The van der Waals surface area contributed by atoms with Crippen LogP contribution in [0.3, 0.4) is 0 Å². The maximum absolute atomic E-state index is 11.2. The molecule has 1 saturated heterocycles. The van der Waals surface area contributed by atoms with Gasteiger partial charge in [-0.05, 0) is 50.6 Å². The maximum atomic E-state index is 11.2. The molecule has 0 aromatic heterocycles. The lowest BCUT2D eigenvalue weighted by Gasteiger charge is -2.52. The number of nitrogens with one attached hydrogen (secondary N) is 1. The molecule has 1 spiro atoms. The van der Waals surface area contributed by atoms with E-state index in [1.807, 2.05) is 11.9 Å². The Hall–Kier alpha value is -0.570. The van der Waals surface area contributed by atoms with Crippen molar-refractivity contribution >= 4 is 5.91 Å². The van der Waals surface area contributed by atoms with E-state index in [0.717, 1.165) is 25.6 Å². The Morgan fingerprint density at radius 2 is 2.00 bits per heavy atom. The van der Waals surface area contributed by atoms with Gasteiger partial charge in [-0.2, -0.15) is 0 Å². The molecule has 1 N–H and O–H groups in total. The Morgan fingerprint density at radius 3 is 2.47 bits per heavy atom. The fourth-order valence-corrected chi connectivity index (χ4v) is 3.30. The van der Waals surface area contributed by atoms with Gasteiger partial charge in [0.15, 0.2) is 0 Å². The van der Waals surface area contributed by atoms with Gasteiger partial charge in [-0.1, -0.05) is 0 Å². The lowest BCUT2D eigenvalue weighted by molar-refractivity contribution is -0.133. The van der Waals surface area contributed by atoms with Crippen molar-refractivity contribution in [2.45, 2.75) is 32.6 Å². The van der Waals surface area contributed by atoms with Crippen molar-refractivity contribution in [3.63, 3.8) is 0 Å². The number of nitrogens with zero attached hydrogens (tertiary/aromatic N) is 1. The van der Waals surface area contributed by atoms with E-state index in [4.69, 9.17) is 0 Å². The number of hydrogen-bond acceptors (Lipinski definition) is 2. The van der Waals surface area contributed by atoms with Crippen LogP contribution in [0.15, 0.2) is 0 Å². The first-order valence-electron chi connectivity index (χ1n) is 6.05. The van der Waals surface area contributed by atoms with E-state index in [1.165, 1.54) is 25.7 Å². The summed E-state index contributed by atoms with van der Waals surface area (Å²) < 4.78 is 0. The number of piperidine rings is 1. The van der Waals surface area contributed by atoms with Gasteiger partial charge in [-0.15, -0.1) is 0 Å². The summed E-state index contributed by atoms with van der Waals surface area (Å²) in [7, 11) is 2.03. The van der Waals surface area contributed by atoms with Gasteiger partial charge in [0.25, 0.3) is 0 Å². The molecule has 0 bridgehead atoms. The van der Waals surface area contributed by atoms with Gasteiger partial charge in [0.2, 0.25) is 5.91 Å². The number of likely N-dealkylation sites (tertiary alicyclic amines) is 1. The first-order valence-corrected chi connectivity index (χ1v) is 6.05. The third-order valence-corrected chi connectivity index (χ3v) is 4.21. The van der Waals surface area contributed by atoms with Crippen LogP contribution in [0.5, 0.6) is 0 Å². The van der Waals surface area contributed by atoms with Crippen LogP contribution >= 0.6 is 0 Å². The fraction of sp³-hybridized carbons (Fsp3) is 0.917. The molecule has 1 aliphatic carbocycles. The highest BCUT2D eigenvalue weighted by Crippen LogP contribution is 2.52. The minimum atomic E-state index is 0.246. The van der Waals surface area contributed by atoms with Crippen LogP contribution in [0.2, 0.25) is 0 Å². The van der Waals surface area contributed by atoms with Crippen LogP contribution in [0.4, 0.5) is 0 Å². The van der Waals surface area contributed by atoms with Crippen molar-refractivity contribution in [1.82, 2.24) is 10.2 Å². The molecule has 1 amide bonds. The second-order valence-electron chi connectivity index (χ2n) is 5.34. The van der Waals surface area contributed by atoms with Crippen molar-refractivity contribution in [1.29, 1.82) is 0 Å². The van der Waals surface area contributed by atoms with Crippen LogP contribution in [-0.2, 0) is 4.79 Å². The second kappa shape index (κ2) is 4.12. The molecule has 3 nitrogen and oxygen atoms in total. The maximum Gasteiger partial charge on any atom is 0.219 e. The van der Waals surface area contributed by atoms with E-state index in [2.05, 4.69) is 5.32 Å². The second-order valence-corrected chi connectivity index (χ2v) is 5.34. The molecule has 15 heavy (non-hydrogen) atoms. The predicted octanol–water partition coefficient (Wildman–Crippen LogP) is 1.24. The third kappa shape index (κ3) is 2.17. The van der Waals surface area contributed by atoms with Crippen molar-refractivity contribution < 1.29 is 4.79 Å². The Bertz CT molecular complexity index is 236.